The van der Waals surface area contributed by atoms with Crippen molar-refractivity contribution >= 4 is 5.97 Å². The first-order chi connectivity index (χ1) is 10.2. The molecule has 0 amide bonds. The summed E-state index contributed by atoms with van der Waals surface area (Å²) in [6.07, 6.45) is -1.92. The number of carbonyl (C=O) groups is 1. The fraction of sp³-hybridized carbons (Fsp3) is 0.933. The predicted octanol–water partition coefficient (Wildman–Crippen LogP) is 1.34. The summed E-state index contributed by atoms with van der Waals surface area (Å²) >= 11 is 0. The Bertz CT molecular complexity index is 447. The second kappa shape index (κ2) is 5.42. The molecule has 3 rings (SSSR count). The second-order valence-electron chi connectivity index (χ2n) is 6.72. The van der Waals surface area contributed by atoms with Crippen molar-refractivity contribution < 1.29 is 33.2 Å². The molecule has 0 aromatic carbocycles. The maximum Gasteiger partial charge on any atom is 0.308 e. The van der Waals surface area contributed by atoms with Crippen LogP contribution in [0.3, 0.4) is 0 Å². The van der Waals surface area contributed by atoms with Gasteiger partial charge in [0.05, 0.1) is 13.0 Å². The van der Waals surface area contributed by atoms with Gasteiger partial charge in [-0.25, -0.2) is 0 Å². The van der Waals surface area contributed by atoms with Crippen molar-refractivity contribution in [2.24, 2.45) is 0 Å². The summed E-state index contributed by atoms with van der Waals surface area (Å²) in [4.78, 5) is 11.8. The van der Waals surface area contributed by atoms with Gasteiger partial charge in [0, 0.05) is 0 Å². The number of hydrogen-bond donors (Lipinski definition) is 0. The molecule has 0 radical (unpaired) electrons. The van der Waals surface area contributed by atoms with Crippen molar-refractivity contribution in [3.05, 3.63) is 0 Å². The molecule has 22 heavy (non-hydrogen) atoms. The van der Waals surface area contributed by atoms with Gasteiger partial charge in [0.15, 0.2) is 17.9 Å². The van der Waals surface area contributed by atoms with Crippen LogP contribution in [0.2, 0.25) is 0 Å². The van der Waals surface area contributed by atoms with Gasteiger partial charge in [-0.05, 0) is 34.6 Å². The molecule has 3 aliphatic rings. The van der Waals surface area contributed by atoms with Gasteiger partial charge in [0.1, 0.15) is 24.4 Å². The number of fused-ring (bicyclic) bond motifs is 3. The van der Waals surface area contributed by atoms with Crippen LogP contribution in [-0.4, -0.2) is 54.9 Å². The molecule has 0 unspecified atom stereocenters. The average molecular weight is 316 g/mol. The molecule has 0 saturated carbocycles. The third-order valence-electron chi connectivity index (χ3n) is 3.92. The number of esters is 1. The smallest absolute Gasteiger partial charge is 0.308 e. The van der Waals surface area contributed by atoms with E-state index in [1.54, 1.807) is 6.92 Å². The van der Waals surface area contributed by atoms with Gasteiger partial charge in [0.2, 0.25) is 0 Å². The van der Waals surface area contributed by atoms with Crippen LogP contribution in [-0.2, 0) is 33.2 Å². The monoisotopic (exact) mass is 316 g/mol. The van der Waals surface area contributed by atoms with Crippen LogP contribution in [0.15, 0.2) is 0 Å². The van der Waals surface area contributed by atoms with Crippen LogP contribution in [0.1, 0.15) is 41.0 Å². The van der Waals surface area contributed by atoms with Crippen molar-refractivity contribution in [3.8, 4) is 0 Å². The van der Waals surface area contributed by atoms with Gasteiger partial charge in [-0.2, -0.15) is 0 Å². The van der Waals surface area contributed by atoms with E-state index in [4.69, 9.17) is 28.4 Å². The lowest BCUT2D eigenvalue weighted by molar-refractivity contribution is -0.343. The zero-order valence-corrected chi connectivity index (χ0v) is 13.7. The lowest BCUT2D eigenvalue weighted by Gasteiger charge is -2.43. The normalized spacial score (nSPS) is 41.8. The summed E-state index contributed by atoms with van der Waals surface area (Å²) in [5, 5.41) is 0. The minimum absolute atomic E-state index is 0.116. The molecule has 3 saturated heterocycles. The quantitative estimate of drug-likeness (QED) is 0.727. The molecule has 0 aromatic rings. The molecule has 7 heteroatoms. The van der Waals surface area contributed by atoms with Gasteiger partial charge < -0.3 is 28.4 Å². The van der Waals surface area contributed by atoms with Gasteiger partial charge in [-0.1, -0.05) is 0 Å². The second-order valence-corrected chi connectivity index (χ2v) is 6.72. The van der Waals surface area contributed by atoms with E-state index < -0.39 is 30.1 Å². The Labute approximate surface area is 130 Å². The van der Waals surface area contributed by atoms with E-state index in [2.05, 4.69) is 0 Å². The van der Waals surface area contributed by atoms with Gasteiger partial charge in [-0.15, -0.1) is 0 Å². The van der Waals surface area contributed by atoms with Gasteiger partial charge >= 0.3 is 5.97 Å². The molecular formula is C15H24O7. The highest BCUT2D eigenvalue weighted by Crippen LogP contribution is 2.44. The summed E-state index contributed by atoms with van der Waals surface area (Å²) < 4.78 is 34.4. The molecule has 0 bridgehead atoms. The summed E-state index contributed by atoms with van der Waals surface area (Å²) in [5.74, 6) is -1.85. The van der Waals surface area contributed by atoms with Crippen LogP contribution in [0.25, 0.3) is 0 Å². The average Bonchev–Trinajstić information content (AvgIpc) is 2.82. The Morgan fingerprint density at radius 1 is 0.955 bits per heavy atom. The first-order valence-electron chi connectivity index (χ1n) is 7.73. The molecule has 3 aliphatic heterocycles. The topological polar surface area (TPSA) is 72.5 Å². The molecule has 0 aliphatic carbocycles. The van der Waals surface area contributed by atoms with Crippen molar-refractivity contribution in [1.29, 1.82) is 0 Å². The van der Waals surface area contributed by atoms with Crippen molar-refractivity contribution in [1.82, 2.24) is 0 Å². The minimum Gasteiger partial charge on any atom is -0.466 e. The van der Waals surface area contributed by atoms with E-state index in [0.29, 0.717) is 6.61 Å². The van der Waals surface area contributed by atoms with Crippen molar-refractivity contribution in [3.63, 3.8) is 0 Å². The number of rotatable bonds is 3. The largest absolute Gasteiger partial charge is 0.466 e. The summed E-state index contributed by atoms with van der Waals surface area (Å²) in [6, 6.07) is 0. The van der Waals surface area contributed by atoms with E-state index in [9.17, 15) is 4.79 Å². The standard InChI is InChI=1S/C15H24O7/c1-6-17-9(16)7-8-10-11(20-14(2,3)19-8)12-13(18-10)22-15(4,5)21-12/h8,10-13H,6-7H2,1-5H3/t8-,10-,11+,12-,13-/m1/s1. The van der Waals surface area contributed by atoms with E-state index >= 15 is 0 Å². The molecular weight excluding hydrogens is 292 g/mol. The van der Waals surface area contributed by atoms with Crippen molar-refractivity contribution in [2.75, 3.05) is 6.61 Å². The molecule has 3 heterocycles. The zero-order valence-electron chi connectivity index (χ0n) is 13.7. The van der Waals surface area contributed by atoms with Crippen LogP contribution in [0, 0.1) is 0 Å². The van der Waals surface area contributed by atoms with Gasteiger partial charge in [-0.3, -0.25) is 4.79 Å². The fourth-order valence-electron chi connectivity index (χ4n) is 3.27. The Morgan fingerprint density at radius 3 is 2.27 bits per heavy atom. The first-order valence-corrected chi connectivity index (χ1v) is 7.73. The third-order valence-corrected chi connectivity index (χ3v) is 3.92. The molecule has 5 atom stereocenters. The Morgan fingerprint density at radius 2 is 1.59 bits per heavy atom. The van der Waals surface area contributed by atoms with Crippen LogP contribution in [0.5, 0.6) is 0 Å². The van der Waals surface area contributed by atoms with Crippen LogP contribution >= 0.6 is 0 Å². The van der Waals surface area contributed by atoms with E-state index in [1.165, 1.54) is 0 Å². The number of ether oxygens (including phenoxy) is 6. The molecule has 3 fully saturated rings. The molecule has 0 aromatic heterocycles. The Hall–Kier alpha value is -0.730. The highest BCUT2D eigenvalue weighted by Gasteiger charge is 2.61. The number of hydrogen-bond acceptors (Lipinski definition) is 7. The maximum atomic E-state index is 11.8. The highest BCUT2D eigenvalue weighted by atomic mass is 16.9. The molecule has 7 nitrogen and oxygen atoms in total. The first kappa shape index (κ1) is 16.1. The molecule has 0 spiro atoms. The predicted molar refractivity (Wildman–Crippen MR) is 73.8 cm³/mol. The zero-order chi connectivity index (χ0) is 16.1. The molecule has 0 N–H and O–H groups in total. The van der Waals surface area contributed by atoms with Gasteiger partial charge in [0.25, 0.3) is 0 Å². The SMILES string of the molecule is CCOC(=O)C[C@H]1OC(C)(C)O[C@@H]2[C@H]3OC(C)(C)O[C@H]3O[C@@H]21. The highest BCUT2D eigenvalue weighted by molar-refractivity contribution is 5.70. The van der Waals surface area contributed by atoms with Crippen LogP contribution < -0.4 is 0 Å². The van der Waals surface area contributed by atoms with Crippen LogP contribution in [0.4, 0.5) is 0 Å². The Balaban J connectivity index is 1.76. The fourth-order valence-corrected chi connectivity index (χ4v) is 3.27. The van der Waals surface area contributed by atoms with E-state index in [-0.39, 0.29) is 24.6 Å². The summed E-state index contributed by atoms with van der Waals surface area (Å²) in [6.45, 7) is 9.42. The lowest BCUT2D eigenvalue weighted by atomic mass is 10.0. The Kier molecular flexibility index (Phi) is 3.98. The maximum absolute atomic E-state index is 11.8. The van der Waals surface area contributed by atoms with E-state index in [1.807, 2.05) is 27.7 Å². The van der Waals surface area contributed by atoms with E-state index in [0.717, 1.165) is 0 Å². The lowest BCUT2D eigenvalue weighted by Crippen LogP contribution is -2.56. The molecule has 126 valence electrons. The summed E-state index contributed by atoms with van der Waals surface area (Å²) in [5.41, 5.74) is 0. The minimum atomic E-state index is -0.827. The summed E-state index contributed by atoms with van der Waals surface area (Å²) in [7, 11) is 0. The third kappa shape index (κ3) is 3.00. The number of carbonyl (C=O) groups excluding carboxylic acids is 1. The van der Waals surface area contributed by atoms with Crippen molar-refractivity contribution in [2.45, 2.75) is 83.3 Å².